The third kappa shape index (κ3) is 4.94. The number of carbonyl (C=O) groups is 1. The Balaban J connectivity index is 1.46. The van der Waals surface area contributed by atoms with Gasteiger partial charge in [-0.1, -0.05) is 30.3 Å². The minimum atomic E-state index is -0.319. The molecule has 1 aliphatic rings. The van der Waals surface area contributed by atoms with E-state index >= 15 is 0 Å². The third-order valence-electron chi connectivity index (χ3n) is 4.55. The van der Waals surface area contributed by atoms with E-state index in [1.807, 2.05) is 47.4 Å². The van der Waals surface area contributed by atoms with Crippen molar-refractivity contribution in [3.8, 4) is 11.3 Å². The van der Waals surface area contributed by atoms with Crippen LogP contribution in [0.15, 0.2) is 46.9 Å². The first-order valence-electron chi connectivity index (χ1n) is 8.94. The van der Waals surface area contributed by atoms with E-state index in [4.69, 9.17) is 4.42 Å². The second-order valence-electron chi connectivity index (χ2n) is 6.66. The van der Waals surface area contributed by atoms with Gasteiger partial charge in [-0.3, -0.25) is 9.69 Å². The summed E-state index contributed by atoms with van der Waals surface area (Å²) in [4.78, 5) is 16.5. The molecule has 1 aromatic carbocycles. The van der Waals surface area contributed by atoms with Gasteiger partial charge in [0.2, 0.25) is 5.91 Å². The zero-order valence-corrected chi connectivity index (χ0v) is 14.7. The first-order chi connectivity index (χ1) is 12.1. The van der Waals surface area contributed by atoms with Crippen LogP contribution in [0.1, 0.15) is 19.1 Å². The summed E-state index contributed by atoms with van der Waals surface area (Å²) in [6.07, 6.45) is 0.776. The summed E-state index contributed by atoms with van der Waals surface area (Å²) in [6, 6.07) is 13.9. The molecule has 25 heavy (non-hydrogen) atoms. The third-order valence-corrected chi connectivity index (χ3v) is 4.55. The molecule has 0 aliphatic carbocycles. The van der Waals surface area contributed by atoms with Crippen LogP contribution in [-0.4, -0.2) is 59.6 Å². The van der Waals surface area contributed by atoms with Gasteiger partial charge in [-0.2, -0.15) is 0 Å². The number of aliphatic hydroxyl groups excluding tert-OH is 1. The van der Waals surface area contributed by atoms with Gasteiger partial charge in [0.25, 0.3) is 0 Å². The second-order valence-corrected chi connectivity index (χ2v) is 6.66. The number of hydrogen-bond donors (Lipinski definition) is 1. The van der Waals surface area contributed by atoms with Gasteiger partial charge in [-0.05, 0) is 19.1 Å². The van der Waals surface area contributed by atoms with Crippen molar-refractivity contribution in [2.45, 2.75) is 25.9 Å². The van der Waals surface area contributed by atoms with Gasteiger partial charge in [0.1, 0.15) is 11.5 Å². The molecule has 5 nitrogen and oxygen atoms in total. The molecule has 1 saturated heterocycles. The van der Waals surface area contributed by atoms with Crippen molar-refractivity contribution in [2.75, 3.05) is 32.7 Å². The molecule has 0 unspecified atom stereocenters. The number of amides is 1. The lowest BCUT2D eigenvalue weighted by molar-refractivity contribution is -0.133. The van der Waals surface area contributed by atoms with Crippen LogP contribution in [0.3, 0.4) is 0 Å². The van der Waals surface area contributed by atoms with Crippen molar-refractivity contribution in [1.82, 2.24) is 9.80 Å². The predicted molar refractivity (Wildman–Crippen MR) is 97.2 cm³/mol. The fourth-order valence-corrected chi connectivity index (χ4v) is 3.21. The van der Waals surface area contributed by atoms with Gasteiger partial charge >= 0.3 is 0 Å². The number of β-amino-alcohol motifs (C(OH)–C–C–N with tert-alkyl or cyclic N) is 1. The van der Waals surface area contributed by atoms with Gasteiger partial charge in [0, 0.05) is 51.1 Å². The monoisotopic (exact) mass is 342 g/mol. The summed E-state index contributed by atoms with van der Waals surface area (Å²) in [5.74, 6) is 1.86. The van der Waals surface area contributed by atoms with Gasteiger partial charge in [-0.15, -0.1) is 0 Å². The normalized spacial score (nSPS) is 16.8. The van der Waals surface area contributed by atoms with Crippen LogP contribution in [-0.2, 0) is 11.2 Å². The van der Waals surface area contributed by atoms with Crippen molar-refractivity contribution in [1.29, 1.82) is 0 Å². The summed E-state index contributed by atoms with van der Waals surface area (Å²) >= 11 is 0. The summed E-state index contributed by atoms with van der Waals surface area (Å²) in [7, 11) is 0. The maximum atomic E-state index is 12.4. The van der Waals surface area contributed by atoms with Gasteiger partial charge in [0.15, 0.2) is 0 Å². The molecule has 3 rings (SSSR count). The lowest BCUT2D eigenvalue weighted by Crippen LogP contribution is -2.50. The van der Waals surface area contributed by atoms with Gasteiger partial charge in [-0.25, -0.2) is 0 Å². The van der Waals surface area contributed by atoms with Crippen LogP contribution in [0.4, 0.5) is 0 Å². The van der Waals surface area contributed by atoms with Crippen molar-refractivity contribution >= 4 is 5.91 Å². The molecule has 1 amide bonds. The fraction of sp³-hybridized carbons (Fsp3) is 0.450. The van der Waals surface area contributed by atoms with Crippen LogP contribution in [0.2, 0.25) is 0 Å². The molecule has 0 saturated carbocycles. The van der Waals surface area contributed by atoms with Gasteiger partial charge < -0.3 is 14.4 Å². The number of hydrogen-bond acceptors (Lipinski definition) is 4. The molecule has 2 heterocycles. The number of benzene rings is 1. The van der Waals surface area contributed by atoms with E-state index < -0.39 is 0 Å². The molecule has 134 valence electrons. The second kappa shape index (κ2) is 8.32. The standard InChI is InChI=1S/C20H26N2O3/c1-16(23)15-21-11-13-22(14-12-21)20(24)10-8-18-7-9-19(25-18)17-5-3-2-4-6-17/h2-7,9,16,23H,8,10-15H2,1H3/t16-/m1/s1. The number of piperazine rings is 1. The van der Waals surface area contributed by atoms with E-state index in [1.165, 1.54) is 0 Å². The zero-order valence-electron chi connectivity index (χ0n) is 14.7. The van der Waals surface area contributed by atoms with Crippen LogP contribution in [0.25, 0.3) is 11.3 Å². The summed E-state index contributed by atoms with van der Waals surface area (Å²) in [5.41, 5.74) is 1.05. The average Bonchev–Trinajstić information content (AvgIpc) is 3.10. The van der Waals surface area contributed by atoms with Crippen molar-refractivity contribution < 1.29 is 14.3 Å². The molecular formula is C20H26N2O3. The Morgan fingerprint density at radius 2 is 1.84 bits per heavy atom. The van der Waals surface area contributed by atoms with E-state index in [0.717, 1.165) is 43.3 Å². The molecule has 5 heteroatoms. The van der Waals surface area contributed by atoms with E-state index in [-0.39, 0.29) is 12.0 Å². The predicted octanol–water partition coefficient (Wildman–Crippen LogP) is 2.40. The Morgan fingerprint density at radius 3 is 2.52 bits per heavy atom. The SMILES string of the molecule is C[C@@H](O)CN1CCN(C(=O)CCc2ccc(-c3ccccc3)o2)CC1. The first kappa shape index (κ1) is 17.7. The highest BCUT2D eigenvalue weighted by Crippen LogP contribution is 2.22. The molecule has 0 radical (unpaired) electrons. The Kier molecular flexibility index (Phi) is 5.89. The molecule has 1 atom stereocenters. The summed E-state index contributed by atoms with van der Waals surface area (Å²) in [5, 5.41) is 9.44. The molecular weight excluding hydrogens is 316 g/mol. The molecule has 0 spiro atoms. The topological polar surface area (TPSA) is 56.9 Å². The van der Waals surface area contributed by atoms with Crippen molar-refractivity contribution in [3.63, 3.8) is 0 Å². The zero-order chi connectivity index (χ0) is 17.6. The summed E-state index contributed by atoms with van der Waals surface area (Å²) < 4.78 is 5.86. The van der Waals surface area contributed by atoms with Crippen LogP contribution >= 0.6 is 0 Å². The van der Waals surface area contributed by atoms with E-state index in [2.05, 4.69) is 4.90 Å². The minimum absolute atomic E-state index is 0.175. The number of carbonyl (C=O) groups excluding carboxylic acids is 1. The Bertz CT molecular complexity index is 673. The highest BCUT2D eigenvalue weighted by molar-refractivity contribution is 5.76. The van der Waals surface area contributed by atoms with E-state index in [1.54, 1.807) is 6.92 Å². The number of aliphatic hydroxyl groups is 1. The van der Waals surface area contributed by atoms with E-state index in [0.29, 0.717) is 19.4 Å². The number of aryl methyl sites for hydroxylation is 1. The first-order valence-corrected chi connectivity index (χ1v) is 8.94. The molecule has 1 aromatic heterocycles. The lowest BCUT2D eigenvalue weighted by atomic mass is 10.2. The van der Waals surface area contributed by atoms with Crippen LogP contribution < -0.4 is 0 Å². The lowest BCUT2D eigenvalue weighted by Gasteiger charge is -2.35. The fourth-order valence-electron chi connectivity index (χ4n) is 3.21. The van der Waals surface area contributed by atoms with E-state index in [9.17, 15) is 9.90 Å². The molecule has 1 N–H and O–H groups in total. The largest absolute Gasteiger partial charge is 0.461 e. The van der Waals surface area contributed by atoms with Gasteiger partial charge in [0.05, 0.1) is 6.10 Å². The summed E-state index contributed by atoms with van der Waals surface area (Å²) in [6.45, 7) is 5.60. The maximum Gasteiger partial charge on any atom is 0.223 e. The Hall–Kier alpha value is -2.11. The maximum absolute atomic E-state index is 12.4. The highest BCUT2D eigenvalue weighted by atomic mass is 16.3. The van der Waals surface area contributed by atoms with Crippen molar-refractivity contribution in [2.24, 2.45) is 0 Å². The number of nitrogens with zero attached hydrogens (tertiary/aromatic N) is 2. The quantitative estimate of drug-likeness (QED) is 0.876. The average molecular weight is 342 g/mol. The minimum Gasteiger partial charge on any atom is -0.461 e. The molecule has 2 aromatic rings. The number of rotatable bonds is 6. The Morgan fingerprint density at radius 1 is 1.12 bits per heavy atom. The highest BCUT2D eigenvalue weighted by Gasteiger charge is 2.21. The Labute approximate surface area is 148 Å². The van der Waals surface area contributed by atoms with Crippen molar-refractivity contribution in [3.05, 3.63) is 48.2 Å². The van der Waals surface area contributed by atoms with Crippen LogP contribution in [0, 0.1) is 0 Å². The smallest absolute Gasteiger partial charge is 0.223 e. The molecule has 1 fully saturated rings. The molecule has 1 aliphatic heterocycles. The molecule has 0 bridgehead atoms. The van der Waals surface area contributed by atoms with Crippen LogP contribution in [0.5, 0.6) is 0 Å². The number of furan rings is 1.